The van der Waals surface area contributed by atoms with Gasteiger partial charge in [-0.25, -0.2) is 4.79 Å². The number of hydrogen-bond donors (Lipinski definition) is 1. The Kier molecular flexibility index (Phi) is 6.91. The summed E-state index contributed by atoms with van der Waals surface area (Å²) in [6.07, 6.45) is -0.575. The fraction of sp³-hybridized carbons (Fsp3) is 0.333. The van der Waals surface area contributed by atoms with Crippen LogP contribution in [0.2, 0.25) is 5.02 Å². The van der Waals surface area contributed by atoms with E-state index in [4.69, 9.17) is 21.1 Å². The number of anilines is 1. The Bertz CT molecular complexity index is 862. The van der Waals surface area contributed by atoms with Crippen LogP contribution in [0, 0.1) is 0 Å². The van der Waals surface area contributed by atoms with E-state index in [-0.39, 0.29) is 5.91 Å². The van der Waals surface area contributed by atoms with Gasteiger partial charge in [0.05, 0.1) is 7.11 Å². The molecule has 0 fully saturated rings. The maximum atomic E-state index is 12.8. The molecule has 0 saturated heterocycles. The van der Waals surface area contributed by atoms with Crippen molar-refractivity contribution in [3.05, 3.63) is 58.6 Å². The van der Waals surface area contributed by atoms with Crippen molar-refractivity contribution in [1.29, 1.82) is 0 Å². The lowest BCUT2D eigenvalue weighted by Gasteiger charge is -2.21. The second-order valence-electron chi connectivity index (χ2n) is 7.33. The Morgan fingerprint density at radius 1 is 1.14 bits per heavy atom. The fourth-order valence-electron chi connectivity index (χ4n) is 2.57. The monoisotopic (exact) mass is 404 g/mol. The van der Waals surface area contributed by atoms with Gasteiger partial charge in [0, 0.05) is 35.4 Å². The number of nitrogens with zero attached hydrogens (tertiary/aromatic N) is 1. The lowest BCUT2D eigenvalue weighted by molar-refractivity contribution is 0.0635. The van der Waals surface area contributed by atoms with Gasteiger partial charge in [0.2, 0.25) is 0 Å². The van der Waals surface area contributed by atoms with Gasteiger partial charge in [-0.05, 0) is 57.2 Å². The summed E-state index contributed by atoms with van der Waals surface area (Å²) < 4.78 is 10.6. The maximum absolute atomic E-state index is 12.8. The predicted molar refractivity (Wildman–Crippen MR) is 110 cm³/mol. The number of nitrogens with one attached hydrogen (secondary N) is 1. The Hall–Kier alpha value is -2.73. The highest BCUT2D eigenvalue weighted by molar-refractivity contribution is 6.30. The van der Waals surface area contributed by atoms with Crippen LogP contribution in [0.25, 0.3) is 0 Å². The van der Waals surface area contributed by atoms with E-state index >= 15 is 0 Å². The van der Waals surface area contributed by atoms with Crippen LogP contribution >= 0.6 is 11.6 Å². The van der Waals surface area contributed by atoms with Crippen molar-refractivity contribution >= 4 is 29.3 Å². The zero-order valence-electron chi connectivity index (χ0n) is 16.7. The van der Waals surface area contributed by atoms with Crippen LogP contribution in [0.3, 0.4) is 0 Å². The zero-order valence-corrected chi connectivity index (χ0v) is 17.5. The number of hydrogen-bond acceptors (Lipinski definition) is 4. The topological polar surface area (TPSA) is 67.9 Å². The van der Waals surface area contributed by atoms with E-state index in [0.29, 0.717) is 28.6 Å². The molecule has 0 saturated carbocycles. The van der Waals surface area contributed by atoms with Crippen molar-refractivity contribution in [1.82, 2.24) is 4.90 Å². The van der Waals surface area contributed by atoms with Crippen molar-refractivity contribution in [2.45, 2.75) is 32.9 Å². The van der Waals surface area contributed by atoms with Crippen LogP contribution in [-0.2, 0) is 11.3 Å². The number of rotatable bonds is 5. The number of halogens is 1. The highest BCUT2D eigenvalue weighted by Crippen LogP contribution is 2.24. The summed E-state index contributed by atoms with van der Waals surface area (Å²) in [6.45, 7) is 5.68. The average Bonchev–Trinajstić information content (AvgIpc) is 2.59. The van der Waals surface area contributed by atoms with Crippen molar-refractivity contribution in [3.8, 4) is 5.75 Å². The molecular weight excluding hydrogens is 380 g/mol. The van der Waals surface area contributed by atoms with Gasteiger partial charge >= 0.3 is 6.09 Å². The molecule has 150 valence electrons. The number of carbonyl (C=O) groups is 2. The molecule has 6 nitrogen and oxygen atoms in total. The largest absolute Gasteiger partial charge is 0.496 e. The van der Waals surface area contributed by atoms with Crippen molar-refractivity contribution in [2.75, 3.05) is 19.5 Å². The van der Waals surface area contributed by atoms with E-state index in [1.165, 1.54) is 0 Å². The van der Waals surface area contributed by atoms with E-state index in [2.05, 4.69) is 5.32 Å². The van der Waals surface area contributed by atoms with Crippen LogP contribution in [0.4, 0.5) is 10.5 Å². The summed E-state index contributed by atoms with van der Waals surface area (Å²) in [7, 11) is 3.26. The quantitative estimate of drug-likeness (QED) is 0.764. The molecule has 0 aliphatic rings. The molecule has 0 spiro atoms. The molecule has 0 atom stereocenters. The third kappa shape index (κ3) is 6.16. The summed E-state index contributed by atoms with van der Waals surface area (Å²) in [6, 6.07) is 12.0. The molecule has 0 aliphatic heterocycles. The maximum Gasteiger partial charge on any atom is 0.412 e. The molecule has 2 amide bonds. The summed E-state index contributed by atoms with van der Waals surface area (Å²) in [5.74, 6) is 0.458. The lowest BCUT2D eigenvalue weighted by atomic mass is 10.1. The second-order valence-corrected chi connectivity index (χ2v) is 7.76. The Morgan fingerprint density at radius 2 is 1.86 bits per heavy atom. The van der Waals surface area contributed by atoms with E-state index in [1.807, 2.05) is 0 Å². The Balaban J connectivity index is 2.12. The summed E-state index contributed by atoms with van der Waals surface area (Å²) >= 11 is 6.06. The molecule has 1 N–H and O–H groups in total. The minimum atomic E-state index is -0.603. The van der Waals surface area contributed by atoms with E-state index < -0.39 is 11.7 Å². The molecular formula is C21H25ClN2O4. The highest BCUT2D eigenvalue weighted by Gasteiger charge is 2.18. The van der Waals surface area contributed by atoms with Crippen molar-refractivity contribution < 1.29 is 19.1 Å². The molecule has 0 aliphatic carbocycles. The highest BCUT2D eigenvalue weighted by atomic mass is 35.5. The van der Waals surface area contributed by atoms with Gasteiger partial charge in [-0.2, -0.15) is 0 Å². The van der Waals surface area contributed by atoms with Crippen LogP contribution in [0.1, 0.15) is 36.7 Å². The van der Waals surface area contributed by atoms with E-state index in [1.54, 1.807) is 82.3 Å². The molecule has 0 radical (unpaired) electrons. The van der Waals surface area contributed by atoms with Gasteiger partial charge in [0.15, 0.2) is 0 Å². The van der Waals surface area contributed by atoms with Crippen molar-refractivity contribution in [2.24, 2.45) is 0 Å². The fourth-order valence-corrected chi connectivity index (χ4v) is 2.76. The minimum Gasteiger partial charge on any atom is -0.496 e. The molecule has 28 heavy (non-hydrogen) atoms. The summed E-state index contributed by atoms with van der Waals surface area (Å²) in [4.78, 5) is 26.3. The Labute approximate surface area is 170 Å². The third-order valence-corrected chi connectivity index (χ3v) is 3.99. The van der Waals surface area contributed by atoms with E-state index in [0.717, 1.165) is 5.56 Å². The van der Waals surface area contributed by atoms with Gasteiger partial charge in [0.25, 0.3) is 5.91 Å². The van der Waals surface area contributed by atoms with Gasteiger partial charge in [-0.15, -0.1) is 0 Å². The second kappa shape index (κ2) is 8.97. The lowest BCUT2D eigenvalue weighted by Crippen LogP contribution is -2.28. The Morgan fingerprint density at radius 3 is 2.50 bits per heavy atom. The van der Waals surface area contributed by atoms with Crippen LogP contribution in [0.15, 0.2) is 42.5 Å². The number of ether oxygens (including phenoxy) is 2. The smallest absolute Gasteiger partial charge is 0.412 e. The normalized spacial score (nSPS) is 10.9. The van der Waals surface area contributed by atoms with Gasteiger partial charge in [0.1, 0.15) is 11.4 Å². The number of methoxy groups -OCH3 is 1. The van der Waals surface area contributed by atoms with Gasteiger partial charge < -0.3 is 14.4 Å². The van der Waals surface area contributed by atoms with Crippen molar-refractivity contribution in [3.63, 3.8) is 0 Å². The van der Waals surface area contributed by atoms with Crippen LogP contribution in [0.5, 0.6) is 5.75 Å². The average molecular weight is 405 g/mol. The van der Waals surface area contributed by atoms with Crippen LogP contribution < -0.4 is 10.1 Å². The van der Waals surface area contributed by atoms with Crippen LogP contribution in [-0.4, -0.2) is 36.7 Å². The third-order valence-electron chi connectivity index (χ3n) is 3.75. The number of benzene rings is 2. The molecule has 0 heterocycles. The van der Waals surface area contributed by atoms with E-state index in [9.17, 15) is 9.59 Å². The molecule has 2 aromatic carbocycles. The first-order chi connectivity index (χ1) is 13.1. The SMILES string of the molecule is COc1ccc(Cl)cc1CN(C)C(=O)c1cccc(NC(=O)OC(C)(C)C)c1. The first-order valence-electron chi connectivity index (χ1n) is 8.77. The molecule has 0 bridgehead atoms. The zero-order chi connectivity index (χ0) is 20.9. The first kappa shape index (κ1) is 21.6. The molecule has 2 aromatic rings. The summed E-state index contributed by atoms with van der Waals surface area (Å²) in [5, 5.41) is 3.21. The van der Waals surface area contributed by atoms with Gasteiger partial charge in [-0.3, -0.25) is 10.1 Å². The number of amides is 2. The molecule has 2 rings (SSSR count). The number of carbonyl (C=O) groups excluding carboxylic acids is 2. The summed E-state index contributed by atoms with van der Waals surface area (Å²) in [5.41, 5.74) is 1.12. The first-order valence-corrected chi connectivity index (χ1v) is 9.15. The molecule has 0 aromatic heterocycles. The standard InChI is InChI=1S/C21H25ClN2O4/c1-21(2,3)28-20(26)23-17-8-6-7-14(12-17)19(25)24(4)13-15-11-16(22)9-10-18(15)27-5/h6-12H,13H2,1-5H3,(H,23,26). The minimum absolute atomic E-state index is 0.199. The van der Waals surface area contributed by atoms with Gasteiger partial charge in [-0.1, -0.05) is 17.7 Å². The molecule has 0 unspecified atom stereocenters. The predicted octanol–water partition coefficient (Wildman–Crippen LogP) is 4.97. The molecule has 7 heteroatoms.